The Morgan fingerprint density at radius 2 is 2.08 bits per heavy atom. The third kappa shape index (κ3) is 4.38. The summed E-state index contributed by atoms with van der Waals surface area (Å²) in [6.45, 7) is 10.4. The van der Waals surface area contributed by atoms with Crippen LogP contribution in [0.15, 0.2) is 17.2 Å². The Bertz CT molecular complexity index is 808. The lowest BCUT2D eigenvalue weighted by Crippen LogP contribution is -2.38. The van der Waals surface area contributed by atoms with Crippen LogP contribution in [-0.2, 0) is 22.9 Å². The maximum absolute atomic E-state index is 11.4. The molecule has 2 heterocycles. The number of allylic oxidation sites excluding steroid dienone is 1. The van der Waals surface area contributed by atoms with Crippen molar-refractivity contribution in [2.24, 2.45) is 5.41 Å². The van der Waals surface area contributed by atoms with Gasteiger partial charge in [-0.15, -0.1) is 0 Å². The van der Waals surface area contributed by atoms with Gasteiger partial charge in [-0.2, -0.15) is 5.10 Å². The number of fused-ring (bicyclic) bond motifs is 1. The van der Waals surface area contributed by atoms with E-state index in [4.69, 9.17) is 0 Å². The summed E-state index contributed by atoms with van der Waals surface area (Å²) in [6.07, 6.45) is 3.80. The lowest BCUT2D eigenvalue weighted by atomic mass is 9.72. The second kappa shape index (κ2) is 7.09. The van der Waals surface area contributed by atoms with Crippen LogP contribution in [0.3, 0.4) is 0 Å². The molecule has 1 aliphatic heterocycles. The van der Waals surface area contributed by atoms with E-state index >= 15 is 0 Å². The summed E-state index contributed by atoms with van der Waals surface area (Å²) in [5.41, 5.74) is 4.86. The molecule has 0 saturated carbocycles. The molecule has 1 aromatic heterocycles. The molecule has 0 unspecified atom stereocenters. The van der Waals surface area contributed by atoms with Crippen molar-refractivity contribution in [3.63, 3.8) is 0 Å². The summed E-state index contributed by atoms with van der Waals surface area (Å²) in [5, 5.41) is 14.6. The standard InChI is InChI=1S/C19H31N3O3S/c1-14-6-5-7-19(2,3)16(14)12-21-8-9-22-15(11-21)10-17(20-22)18(23)13-26(4,24)25/h10,18,23H,5-9,11-13H2,1-4H3/t18-/m0/s1. The molecule has 1 aliphatic carbocycles. The van der Waals surface area contributed by atoms with E-state index in [1.807, 2.05) is 10.7 Å². The molecule has 1 N–H and O–H groups in total. The number of sulfone groups is 1. The van der Waals surface area contributed by atoms with Gasteiger partial charge in [0.15, 0.2) is 0 Å². The molecule has 7 heteroatoms. The van der Waals surface area contributed by atoms with Gasteiger partial charge in [-0.1, -0.05) is 25.0 Å². The molecule has 2 aliphatic rings. The minimum absolute atomic E-state index is 0.261. The molecule has 0 spiro atoms. The largest absolute Gasteiger partial charge is 0.386 e. The summed E-state index contributed by atoms with van der Waals surface area (Å²) in [6, 6.07) is 1.86. The van der Waals surface area contributed by atoms with Crippen molar-refractivity contribution in [1.82, 2.24) is 14.7 Å². The minimum atomic E-state index is -3.24. The molecule has 1 atom stereocenters. The van der Waals surface area contributed by atoms with Crippen LogP contribution in [0.5, 0.6) is 0 Å². The van der Waals surface area contributed by atoms with Gasteiger partial charge in [0.25, 0.3) is 0 Å². The molecule has 26 heavy (non-hydrogen) atoms. The first kappa shape index (κ1) is 19.6. The molecule has 0 saturated heterocycles. The predicted molar refractivity (Wildman–Crippen MR) is 103 cm³/mol. The van der Waals surface area contributed by atoms with Gasteiger partial charge < -0.3 is 5.11 Å². The van der Waals surface area contributed by atoms with Crippen molar-refractivity contribution in [2.75, 3.05) is 25.1 Å². The summed E-state index contributed by atoms with van der Waals surface area (Å²) < 4.78 is 24.7. The van der Waals surface area contributed by atoms with Crippen LogP contribution < -0.4 is 0 Å². The highest BCUT2D eigenvalue weighted by Gasteiger charge is 2.31. The Balaban J connectivity index is 1.72. The van der Waals surface area contributed by atoms with E-state index in [1.165, 1.54) is 24.8 Å². The van der Waals surface area contributed by atoms with Crippen LogP contribution in [0.25, 0.3) is 0 Å². The predicted octanol–water partition coefficient (Wildman–Crippen LogP) is 2.30. The van der Waals surface area contributed by atoms with Gasteiger partial charge in [0, 0.05) is 25.9 Å². The third-order valence-electron chi connectivity index (χ3n) is 5.77. The van der Waals surface area contributed by atoms with E-state index < -0.39 is 15.9 Å². The monoisotopic (exact) mass is 381 g/mol. The fourth-order valence-corrected chi connectivity index (χ4v) is 5.00. The van der Waals surface area contributed by atoms with Crippen molar-refractivity contribution >= 4 is 9.84 Å². The van der Waals surface area contributed by atoms with Gasteiger partial charge in [-0.05, 0) is 37.7 Å². The molecular weight excluding hydrogens is 350 g/mol. The first-order valence-corrected chi connectivity index (χ1v) is 11.4. The summed E-state index contributed by atoms with van der Waals surface area (Å²) >= 11 is 0. The molecule has 3 rings (SSSR count). The van der Waals surface area contributed by atoms with Gasteiger partial charge in [-0.3, -0.25) is 9.58 Å². The fourth-order valence-electron chi connectivity index (χ4n) is 4.26. The van der Waals surface area contributed by atoms with Gasteiger partial charge in [0.05, 0.1) is 23.7 Å². The zero-order valence-corrected chi connectivity index (χ0v) is 17.1. The number of nitrogens with zero attached hydrogens (tertiary/aromatic N) is 3. The lowest BCUT2D eigenvalue weighted by Gasteiger charge is -2.38. The zero-order chi connectivity index (χ0) is 19.1. The number of hydrogen-bond acceptors (Lipinski definition) is 5. The fraction of sp³-hybridized carbons (Fsp3) is 0.737. The molecule has 0 radical (unpaired) electrons. The highest BCUT2D eigenvalue weighted by atomic mass is 32.2. The van der Waals surface area contributed by atoms with Crippen LogP contribution >= 0.6 is 0 Å². The molecule has 0 bridgehead atoms. The van der Waals surface area contributed by atoms with Gasteiger partial charge in [-0.25, -0.2) is 8.42 Å². The number of aromatic nitrogens is 2. The highest BCUT2D eigenvalue weighted by molar-refractivity contribution is 7.90. The smallest absolute Gasteiger partial charge is 0.150 e. The maximum Gasteiger partial charge on any atom is 0.150 e. The van der Waals surface area contributed by atoms with Crippen molar-refractivity contribution in [3.8, 4) is 0 Å². The molecule has 146 valence electrons. The average Bonchev–Trinajstić information content (AvgIpc) is 2.92. The van der Waals surface area contributed by atoms with E-state index in [0.29, 0.717) is 5.69 Å². The number of aliphatic hydroxyl groups excluding tert-OH is 1. The van der Waals surface area contributed by atoms with E-state index in [1.54, 1.807) is 5.57 Å². The number of hydrogen-bond donors (Lipinski definition) is 1. The Hall–Kier alpha value is -1.18. The number of aliphatic hydroxyl groups is 1. The van der Waals surface area contributed by atoms with Crippen molar-refractivity contribution in [2.45, 2.75) is 59.2 Å². The van der Waals surface area contributed by atoms with E-state index in [-0.39, 0.29) is 11.2 Å². The lowest BCUT2D eigenvalue weighted by molar-refractivity contribution is 0.192. The molecular formula is C19H31N3O3S. The summed E-state index contributed by atoms with van der Waals surface area (Å²) in [4.78, 5) is 2.44. The van der Waals surface area contributed by atoms with E-state index in [2.05, 4.69) is 30.8 Å². The van der Waals surface area contributed by atoms with E-state index in [9.17, 15) is 13.5 Å². The van der Waals surface area contributed by atoms with Crippen molar-refractivity contribution < 1.29 is 13.5 Å². The molecule has 0 amide bonds. The minimum Gasteiger partial charge on any atom is -0.386 e. The highest BCUT2D eigenvalue weighted by Crippen LogP contribution is 2.40. The Morgan fingerprint density at radius 3 is 2.73 bits per heavy atom. The average molecular weight is 382 g/mol. The molecule has 0 fully saturated rings. The first-order valence-electron chi connectivity index (χ1n) is 9.39. The quantitative estimate of drug-likeness (QED) is 0.792. The Kier molecular flexibility index (Phi) is 5.34. The van der Waals surface area contributed by atoms with Crippen LogP contribution in [0.4, 0.5) is 0 Å². The van der Waals surface area contributed by atoms with Crippen molar-refractivity contribution in [3.05, 3.63) is 28.6 Å². The second-order valence-electron chi connectivity index (χ2n) is 8.60. The second-order valence-corrected chi connectivity index (χ2v) is 10.8. The van der Waals surface area contributed by atoms with Crippen LogP contribution in [0.1, 0.15) is 57.5 Å². The van der Waals surface area contributed by atoms with Crippen LogP contribution in [0, 0.1) is 5.41 Å². The van der Waals surface area contributed by atoms with Crippen LogP contribution in [0.2, 0.25) is 0 Å². The number of rotatable bonds is 5. The van der Waals surface area contributed by atoms with Gasteiger partial charge in [0.1, 0.15) is 15.9 Å². The summed E-state index contributed by atoms with van der Waals surface area (Å²) in [5.74, 6) is -0.284. The maximum atomic E-state index is 11.4. The van der Waals surface area contributed by atoms with Gasteiger partial charge >= 0.3 is 0 Å². The molecule has 1 aromatic rings. The Labute approximate surface area is 156 Å². The van der Waals surface area contributed by atoms with Crippen LogP contribution in [-0.4, -0.2) is 53.3 Å². The van der Waals surface area contributed by atoms with Crippen molar-refractivity contribution in [1.29, 1.82) is 0 Å². The summed E-state index contributed by atoms with van der Waals surface area (Å²) in [7, 11) is -3.24. The molecule has 6 nitrogen and oxygen atoms in total. The zero-order valence-electron chi connectivity index (χ0n) is 16.3. The molecule has 0 aromatic carbocycles. The topological polar surface area (TPSA) is 75.4 Å². The normalized spacial score (nSPS) is 22.3. The Morgan fingerprint density at radius 1 is 1.35 bits per heavy atom. The van der Waals surface area contributed by atoms with Gasteiger partial charge in [0.2, 0.25) is 0 Å². The SMILES string of the molecule is CC1=C(CN2CCn3nc([C@@H](O)CS(C)(=O)=O)cc3C2)C(C)(C)CCC1. The van der Waals surface area contributed by atoms with E-state index in [0.717, 1.165) is 38.1 Å². The first-order chi connectivity index (χ1) is 12.0. The third-order valence-corrected chi connectivity index (χ3v) is 6.69.